The number of hydrogen-bond acceptors (Lipinski definition) is 5. The summed E-state index contributed by atoms with van der Waals surface area (Å²) in [5, 5.41) is 6.59. The standard InChI is InChI=1S/C17H13F3N4O2S/c1-9-7-13(25)14(15(26)22-16-21-8-10(2)27-16)23-24(9)12-6-4-3-5-11(12)17(18,19)20/h3-8H,1-2H3,(H,21,22,26). The Kier molecular flexibility index (Phi) is 4.83. The molecule has 0 spiro atoms. The number of aromatic nitrogens is 3. The van der Waals surface area contributed by atoms with Crippen LogP contribution in [0.4, 0.5) is 18.3 Å². The molecule has 10 heteroatoms. The van der Waals surface area contributed by atoms with Crippen LogP contribution in [0.1, 0.15) is 26.6 Å². The van der Waals surface area contributed by atoms with Gasteiger partial charge in [0.2, 0.25) is 5.43 Å². The van der Waals surface area contributed by atoms with E-state index in [4.69, 9.17) is 0 Å². The summed E-state index contributed by atoms with van der Waals surface area (Å²) in [5.41, 5.74) is -2.25. The molecule has 0 unspecified atom stereocenters. The van der Waals surface area contributed by atoms with Gasteiger partial charge in [0.15, 0.2) is 10.8 Å². The summed E-state index contributed by atoms with van der Waals surface area (Å²) < 4.78 is 40.9. The molecule has 0 saturated heterocycles. The lowest BCUT2D eigenvalue weighted by Crippen LogP contribution is -2.27. The minimum atomic E-state index is -4.62. The van der Waals surface area contributed by atoms with Crippen molar-refractivity contribution in [2.24, 2.45) is 0 Å². The lowest BCUT2D eigenvalue weighted by Gasteiger charge is -2.16. The molecule has 0 radical (unpaired) electrons. The van der Waals surface area contributed by atoms with Gasteiger partial charge in [-0.3, -0.25) is 14.9 Å². The second-order valence-corrected chi connectivity index (χ2v) is 6.89. The number of nitrogens with zero attached hydrogens (tertiary/aromatic N) is 3. The Morgan fingerprint density at radius 3 is 2.56 bits per heavy atom. The van der Waals surface area contributed by atoms with Gasteiger partial charge >= 0.3 is 6.18 Å². The topological polar surface area (TPSA) is 76.9 Å². The fourth-order valence-electron chi connectivity index (χ4n) is 2.42. The molecule has 1 aromatic carbocycles. The van der Waals surface area contributed by atoms with Crippen LogP contribution in [0.25, 0.3) is 5.69 Å². The van der Waals surface area contributed by atoms with Gasteiger partial charge in [-0.05, 0) is 26.0 Å². The van der Waals surface area contributed by atoms with E-state index in [1.165, 1.54) is 36.5 Å². The van der Waals surface area contributed by atoms with Crippen molar-refractivity contribution in [2.75, 3.05) is 5.32 Å². The highest BCUT2D eigenvalue weighted by Gasteiger charge is 2.34. The van der Waals surface area contributed by atoms with Gasteiger partial charge in [0.05, 0.1) is 11.3 Å². The van der Waals surface area contributed by atoms with Crippen LogP contribution in [0.5, 0.6) is 0 Å². The highest BCUT2D eigenvalue weighted by atomic mass is 32.1. The smallest absolute Gasteiger partial charge is 0.296 e. The number of benzene rings is 1. The van der Waals surface area contributed by atoms with E-state index in [-0.39, 0.29) is 16.5 Å². The van der Waals surface area contributed by atoms with Crippen LogP contribution in [0.15, 0.2) is 41.3 Å². The third kappa shape index (κ3) is 3.90. The van der Waals surface area contributed by atoms with Crippen LogP contribution in [0.3, 0.4) is 0 Å². The summed E-state index contributed by atoms with van der Waals surface area (Å²) >= 11 is 1.20. The zero-order valence-corrected chi connectivity index (χ0v) is 15.0. The number of alkyl halides is 3. The normalized spacial score (nSPS) is 11.4. The number of anilines is 1. The minimum Gasteiger partial charge on any atom is -0.296 e. The van der Waals surface area contributed by atoms with Crippen LogP contribution < -0.4 is 10.7 Å². The average molecular weight is 394 g/mol. The van der Waals surface area contributed by atoms with Gasteiger partial charge in [-0.2, -0.15) is 18.3 Å². The van der Waals surface area contributed by atoms with E-state index in [0.717, 1.165) is 21.7 Å². The van der Waals surface area contributed by atoms with Crippen molar-refractivity contribution in [3.05, 3.63) is 68.6 Å². The van der Waals surface area contributed by atoms with Crippen molar-refractivity contribution in [2.45, 2.75) is 20.0 Å². The second-order valence-electron chi connectivity index (χ2n) is 5.66. The Balaban J connectivity index is 2.08. The Morgan fingerprint density at radius 2 is 1.93 bits per heavy atom. The summed E-state index contributed by atoms with van der Waals surface area (Å²) in [5.74, 6) is -0.840. The molecule has 27 heavy (non-hydrogen) atoms. The Morgan fingerprint density at radius 1 is 1.22 bits per heavy atom. The van der Waals surface area contributed by atoms with E-state index >= 15 is 0 Å². The van der Waals surface area contributed by atoms with Crippen molar-refractivity contribution in [1.29, 1.82) is 0 Å². The molecule has 6 nitrogen and oxygen atoms in total. The predicted octanol–water partition coefficient (Wildman–Crippen LogP) is 3.58. The molecule has 0 saturated carbocycles. The first-order valence-electron chi connectivity index (χ1n) is 7.68. The summed E-state index contributed by atoms with van der Waals surface area (Å²) in [6.07, 6.45) is -3.07. The lowest BCUT2D eigenvalue weighted by molar-refractivity contribution is -0.137. The van der Waals surface area contributed by atoms with E-state index in [9.17, 15) is 22.8 Å². The van der Waals surface area contributed by atoms with Crippen molar-refractivity contribution >= 4 is 22.4 Å². The number of halogens is 3. The van der Waals surface area contributed by atoms with Gasteiger partial charge in [0, 0.05) is 22.8 Å². The highest BCUT2D eigenvalue weighted by molar-refractivity contribution is 7.15. The van der Waals surface area contributed by atoms with E-state index in [1.54, 1.807) is 13.1 Å². The molecule has 2 heterocycles. The number of nitrogens with one attached hydrogen (secondary N) is 1. The van der Waals surface area contributed by atoms with Crippen LogP contribution in [-0.2, 0) is 6.18 Å². The molecule has 1 N–H and O–H groups in total. The minimum absolute atomic E-state index is 0.165. The van der Waals surface area contributed by atoms with Crippen LogP contribution in [-0.4, -0.2) is 20.7 Å². The maximum Gasteiger partial charge on any atom is 0.418 e. The van der Waals surface area contributed by atoms with Crippen molar-refractivity contribution < 1.29 is 18.0 Å². The fourth-order valence-corrected chi connectivity index (χ4v) is 3.07. The van der Waals surface area contributed by atoms with Gasteiger partial charge in [0.25, 0.3) is 5.91 Å². The van der Waals surface area contributed by atoms with Crippen LogP contribution >= 0.6 is 11.3 Å². The molecule has 0 aliphatic carbocycles. The predicted molar refractivity (Wildman–Crippen MR) is 94.4 cm³/mol. The van der Waals surface area contributed by atoms with E-state index in [0.29, 0.717) is 0 Å². The molecule has 0 atom stereocenters. The van der Waals surface area contributed by atoms with Crippen molar-refractivity contribution in [1.82, 2.24) is 14.8 Å². The largest absolute Gasteiger partial charge is 0.418 e. The lowest BCUT2D eigenvalue weighted by atomic mass is 10.1. The van der Waals surface area contributed by atoms with Crippen molar-refractivity contribution in [3.8, 4) is 5.69 Å². The number of amides is 1. The molecule has 3 rings (SSSR count). The molecular formula is C17H13F3N4O2S. The molecule has 3 aromatic rings. The summed E-state index contributed by atoms with van der Waals surface area (Å²) in [6.45, 7) is 3.23. The first kappa shape index (κ1) is 18.8. The molecular weight excluding hydrogens is 381 g/mol. The van der Waals surface area contributed by atoms with E-state index in [1.807, 2.05) is 0 Å². The maximum atomic E-state index is 13.3. The molecule has 0 aliphatic rings. The number of para-hydroxylation sites is 1. The molecule has 140 valence electrons. The molecule has 0 aliphatic heterocycles. The molecule has 2 aromatic heterocycles. The van der Waals surface area contributed by atoms with Gasteiger partial charge in [0.1, 0.15) is 0 Å². The van der Waals surface area contributed by atoms with Gasteiger partial charge < -0.3 is 0 Å². The number of carbonyl (C=O) groups is 1. The number of rotatable bonds is 3. The first-order valence-corrected chi connectivity index (χ1v) is 8.50. The Hall–Kier alpha value is -3.01. The molecule has 0 bridgehead atoms. The van der Waals surface area contributed by atoms with Crippen LogP contribution in [0, 0.1) is 13.8 Å². The summed E-state index contributed by atoms with van der Waals surface area (Å²) in [7, 11) is 0. The third-order valence-electron chi connectivity index (χ3n) is 3.60. The number of thiazole rings is 1. The molecule has 0 fully saturated rings. The van der Waals surface area contributed by atoms with E-state index in [2.05, 4.69) is 15.4 Å². The first-order chi connectivity index (χ1) is 12.7. The quantitative estimate of drug-likeness (QED) is 0.737. The van der Waals surface area contributed by atoms with Gasteiger partial charge in [-0.25, -0.2) is 9.67 Å². The summed E-state index contributed by atoms with van der Waals surface area (Å²) in [6, 6.07) is 5.87. The van der Waals surface area contributed by atoms with Crippen molar-refractivity contribution in [3.63, 3.8) is 0 Å². The van der Waals surface area contributed by atoms with Gasteiger partial charge in [-0.15, -0.1) is 11.3 Å². The van der Waals surface area contributed by atoms with Crippen LogP contribution in [0.2, 0.25) is 0 Å². The number of aryl methyl sites for hydroxylation is 2. The monoisotopic (exact) mass is 394 g/mol. The molecule has 1 amide bonds. The third-order valence-corrected chi connectivity index (χ3v) is 4.43. The Labute approximate surface area is 155 Å². The zero-order chi connectivity index (χ0) is 19.8. The summed E-state index contributed by atoms with van der Waals surface area (Å²) in [4.78, 5) is 29.3. The SMILES string of the molecule is Cc1cnc(NC(=O)c2nn(-c3ccccc3C(F)(F)F)c(C)cc2=O)s1. The Bertz CT molecular complexity index is 1070. The maximum absolute atomic E-state index is 13.3. The second kappa shape index (κ2) is 6.95. The van der Waals surface area contributed by atoms with Gasteiger partial charge in [-0.1, -0.05) is 12.1 Å². The van der Waals surface area contributed by atoms with E-state index < -0.39 is 28.8 Å². The fraction of sp³-hybridized carbons (Fsp3) is 0.176. The average Bonchev–Trinajstić information content (AvgIpc) is 2.99. The number of hydrogen-bond donors (Lipinski definition) is 1. The zero-order valence-electron chi connectivity index (χ0n) is 14.2. The highest BCUT2D eigenvalue weighted by Crippen LogP contribution is 2.33. The number of carbonyl (C=O) groups excluding carboxylic acids is 1.